The standard InChI is InChI=1S/C22H18Cl2FN3.ClH/c23-18-7-3-1-5-16(18)20-21(17-6-2-4-8-19(17)24)28-22(27-20)26-13-14-9-11-15(25)12-10-14;/h1-12,20-21H,13H2,(H2,26,27,28);1H/t20-,21+;. The molecule has 0 amide bonds. The summed E-state index contributed by atoms with van der Waals surface area (Å²) in [6.45, 7) is 0.524. The van der Waals surface area contributed by atoms with Gasteiger partial charge in [0.15, 0.2) is 5.96 Å². The molecule has 2 atom stereocenters. The van der Waals surface area contributed by atoms with Crippen LogP contribution in [0.25, 0.3) is 0 Å². The largest absolute Gasteiger partial charge is 0.352 e. The highest BCUT2D eigenvalue weighted by Gasteiger charge is 2.33. The van der Waals surface area contributed by atoms with E-state index in [1.807, 2.05) is 48.5 Å². The molecule has 150 valence electrons. The van der Waals surface area contributed by atoms with Crippen molar-refractivity contribution in [3.8, 4) is 0 Å². The smallest absolute Gasteiger partial charge is 0.192 e. The number of guanidine groups is 1. The topological polar surface area (TPSA) is 36.4 Å². The first-order valence-electron chi connectivity index (χ1n) is 8.93. The van der Waals surface area contributed by atoms with Crippen LogP contribution in [0.1, 0.15) is 28.8 Å². The maximum Gasteiger partial charge on any atom is 0.192 e. The average molecular weight is 451 g/mol. The van der Waals surface area contributed by atoms with Crippen LogP contribution in [0, 0.1) is 5.82 Å². The first-order valence-corrected chi connectivity index (χ1v) is 9.69. The van der Waals surface area contributed by atoms with Crippen LogP contribution in [0.3, 0.4) is 0 Å². The Balaban J connectivity index is 0.00000240. The van der Waals surface area contributed by atoms with Gasteiger partial charge in [-0.1, -0.05) is 71.7 Å². The van der Waals surface area contributed by atoms with E-state index in [1.165, 1.54) is 12.1 Å². The normalized spacial score (nSPS) is 17.8. The predicted octanol–water partition coefficient (Wildman–Crippen LogP) is 6.09. The van der Waals surface area contributed by atoms with Crippen LogP contribution in [0.5, 0.6) is 0 Å². The van der Waals surface area contributed by atoms with Crippen LogP contribution in [-0.4, -0.2) is 5.96 Å². The summed E-state index contributed by atoms with van der Waals surface area (Å²) in [6, 6.07) is 21.4. The maximum atomic E-state index is 13.1. The van der Waals surface area contributed by atoms with Gasteiger partial charge in [-0.15, -0.1) is 12.4 Å². The Labute approximate surface area is 185 Å². The molecule has 0 saturated heterocycles. The van der Waals surface area contributed by atoms with E-state index >= 15 is 0 Å². The van der Waals surface area contributed by atoms with E-state index in [4.69, 9.17) is 28.2 Å². The quantitative estimate of drug-likeness (QED) is 0.505. The maximum absolute atomic E-state index is 13.1. The fourth-order valence-electron chi connectivity index (χ4n) is 3.30. The fourth-order valence-corrected chi connectivity index (χ4v) is 3.80. The van der Waals surface area contributed by atoms with E-state index in [1.54, 1.807) is 12.1 Å². The number of nitrogens with zero attached hydrogens (tertiary/aromatic N) is 1. The third-order valence-electron chi connectivity index (χ3n) is 4.71. The zero-order chi connectivity index (χ0) is 19.5. The number of nitrogens with one attached hydrogen (secondary N) is 2. The van der Waals surface area contributed by atoms with E-state index < -0.39 is 0 Å². The Hall–Kier alpha value is -2.27. The molecule has 4 rings (SSSR count). The van der Waals surface area contributed by atoms with Gasteiger partial charge in [0.25, 0.3) is 0 Å². The molecular formula is C22H19Cl3FN3. The van der Waals surface area contributed by atoms with Crippen LogP contribution in [0.2, 0.25) is 10.0 Å². The minimum atomic E-state index is -0.252. The van der Waals surface area contributed by atoms with Gasteiger partial charge in [-0.25, -0.2) is 9.38 Å². The SMILES string of the molecule is Cl.Fc1ccc(CNC2=N[C@@H](c3ccccc3Cl)[C@@H](c3ccccc3Cl)N2)cc1. The minimum absolute atomic E-state index is 0. The third kappa shape index (κ3) is 4.84. The van der Waals surface area contributed by atoms with Crippen molar-refractivity contribution < 1.29 is 4.39 Å². The Bertz CT molecular complexity index is 1010. The summed E-state index contributed by atoms with van der Waals surface area (Å²) in [6.07, 6.45) is 0. The van der Waals surface area contributed by atoms with Gasteiger partial charge < -0.3 is 10.6 Å². The van der Waals surface area contributed by atoms with Crippen LogP contribution >= 0.6 is 35.6 Å². The molecule has 3 nitrogen and oxygen atoms in total. The highest BCUT2D eigenvalue weighted by atomic mass is 35.5. The van der Waals surface area contributed by atoms with Crippen molar-refractivity contribution >= 4 is 41.6 Å². The fraction of sp³-hybridized carbons (Fsp3) is 0.136. The van der Waals surface area contributed by atoms with E-state index in [0.717, 1.165) is 16.7 Å². The van der Waals surface area contributed by atoms with E-state index in [-0.39, 0.29) is 30.3 Å². The minimum Gasteiger partial charge on any atom is -0.352 e. The second-order valence-electron chi connectivity index (χ2n) is 6.57. The van der Waals surface area contributed by atoms with Gasteiger partial charge >= 0.3 is 0 Å². The number of halogens is 4. The molecule has 0 saturated carbocycles. The van der Waals surface area contributed by atoms with Crippen molar-refractivity contribution in [3.05, 3.63) is 105 Å². The number of hydrogen-bond donors (Lipinski definition) is 2. The van der Waals surface area contributed by atoms with Gasteiger partial charge in [-0.05, 0) is 41.0 Å². The van der Waals surface area contributed by atoms with Gasteiger partial charge in [-0.3, -0.25) is 0 Å². The lowest BCUT2D eigenvalue weighted by Crippen LogP contribution is -2.35. The summed E-state index contributed by atoms with van der Waals surface area (Å²) in [5.41, 5.74) is 2.85. The summed E-state index contributed by atoms with van der Waals surface area (Å²) < 4.78 is 13.1. The molecule has 1 aliphatic rings. The lowest BCUT2D eigenvalue weighted by Gasteiger charge is -2.21. The van der Waals surface area contributed by atoms with Crippen LogP contribution in [0.15, 0.2) is 77.8 Å². The van der Waals surface area contributed by atoms with Crippen molar-refractivity contribution in [2.24, 2.45) is 4.99 Å². The molecule has 0 bridgehead atoms. The highest BCUT2D eigenvalue weighted by Crippen LogP contribution is 2.40. The number of benzene rings is 3. The van der Waals surface area contributed by atoms with Crippen LogP contribution in [-0.2, 0) is 6.54 Å². The zero-order valence-electron chi connectivity index (χ0n) is 15.3. The molecule has 0 aromatic heterocycles. The Kier molecular flexibility index (Phi) is 7.01. The molecule has 3 aromatic carbocycles. The number of rotatable bonds is 4. The first-order chi connectivity index (χ1) is 13.6. The number of aliphatic imine (C=N–C) groups is 1. The van der Waals surface area contributed by atoms with Crippen LogP contribution in [0.4, 0.5) is 4.39 Å². The van der Waals surface area contributed by atoms with Crippen molar-refractivity contribution in [2.45, 2.75) is 18.6 Å². The Morgan fingerprint density at radius 2 is 1.45 bits per heavy atom. The van der Waals surface area contributed by atoms with Gasteiger partial charge in [0.05, 0.1) is 6.04 Å². The molecule has 1 aliphatic heterocycles. The molecule has 7 heteroatoms. The first kappa shape index (κ1) is 21.4. The van der Waals surface area contributed by atoms with Gasteiger partial charge in [0.2, 0.25) is 0 Å². The second-order valence-corrected chi connectivity index (χ2v) is 7.38. The molecule has 0 spiro atoms. The molecule has 0 radical (unpaired) electrons. The van der Waals surface area contributed by atoms with Gasteiger partial charge in [0.1, 0.15) is 11.9 Å². The van der Waals surface area contributed by atoms with E-state index in [0.29, 0.717) is 22.5 Å². The van der Waals surface area contributed by atoms with E-state index in [9.17, 15) is 4.39 Å². The predicted molar refractivity (Wildman–Crippen MR) is 119 cm³/mol. The van der Waals surface area contributed by atoms with Crippen molar-refractivity contribution in [1.29, 1.82) is 0 Å². The molecule has 29 heavy (non-hydrogen) atoms. The molecular weight excluding hydrogens is 432 g/mol. The van der Waals surface area contributed by atoms with Gasteiger partial charge in [-0.2, -0.15) is 0 Å². The van der Waals surface area contributed by atoms with Crippen molar-refractivity contribution in [1.82, 2.24) is 10.6 Å². The van der Waals surface area contributed by atoms with Gasteiger partial charge in [0, 0.05) is 16.6 Å². The highest BCUT2D eigenvalue weighted by molar-refractivity contribution is 6.32. The lowest BCUT2D eigenvalue weighted by atomic mass is 9.95. The van der Waals surface area contributed by atoms with Crippen LogP contribution < -0.4 is 10.6 Å². The molecule has 3 aromatic rings. The molecule has 0 aliphatic carbocycles. The third-order valence-corrected chi connectivity index (χ3v) is 5.40. The zero-order valence-corrected chi connectivity index (χ0v) is 17.6. The Morgan fingerprint density at radius 1 is 0.862 bits per heavy atom. The summed E-state index contributed by atoms with van der Waals surface area (Å²) >= 11 is 12.9. The molecule has 2 N–H and O–H groups in total. The average Bonchev–Trinajstić information content (AvgIpc) is 3.12. The summed E-state index contributed by atoms with van der Waals surface area (Å²) in [5, 5.41) is 8.05. The summed E-state index contributed by atoms with van der Waals surface area (Å²) in [4.78, 5) is 4.83. The van der Waals surface area contributed by atoms with Crippen molar-refractivity contribution in [3.63, 3.8) is 0 Å². The second kappa shape index (κ2) is 9.49. The van der Waals surface area contributed by atoms with Crippen molar-refractivity contribution in [2.75, 3.05) is 0 Å². The molecule has 0 fully saturated rings. The summed E-state index contributed by atoms with van der Waals surface area (Å²) in [5.74, 6) is 0.400. The molecule has 0 unspecified atom stereocenters. The monoisotopic (exact) mass is 449 g/mol. The lowest BCUT2D eigenvalue weighted by molar-refractivity contribution is 0.570. The Morgan fingerprint density at radius 3 is 2.07 bits per heavy atom. The number of hydrogen-bond acceptors (Lipinski definition) is 3. The van der Waals surface area contributed by atoms with E-state index in [2.05, 4.69) is 10.6 Å². The molecule has 1 heterocycles. The summed E-state index contributed by atoms with van der Waals surface area (Å²) in [7, 11) is 0.